The Hall–Kier alpha value is -4.41. The van der Waals surface area contributed by atoms with E-state index < -0.39 is 122 Å². The molecule has 17 heteroatoms. The Kier molecular flexibility index (Phi) is 8.07. The van der Waals surface area contributed by atoms with Gasteiger partial charge >= 0.3 is 8.32 Å². The highest BCUT2D eigenvalue weighted by atomic mass is 28.4. The fourth-order valence-corrected chi connectivity index (χ4v) is 8.19. The molecule has 1 nitrogen and oxygen atoms in total. The molecule has 0 saturated carbocycles. The number of benzene rings is 4. The average Bonchev–Trinajstić information content (AvgIpc) is 2.99. The van der Waals surface area contributed by atoms with Gasteiger partial charge in [-0.25, -0.2) is 65.9 Å². The fourth-order valence-electron chi connectivity index (χ4n) is 4.14. The Balaban J connectivity index is 2.44. The van der Waals surface area contributed by atoms with E-state index >= 15 is 26.3 Å². The minimum absolute atomic E-state index is 0.490. The number of halogens is 15. The summed E-state index contributed by atoms with van der Waals surface area (Å²) in [5.74, 6) is -47.8. The number of rotatable bonds is 6. The van der Waals surface area contributed by atoms with Crippen LogP contribution in [0.5, 0.6) is 0 Å². The van der Waals surface area contributed by atoms with Gasteiger partial charge in [-0.1, -0.05) is 36.9 Å². The van der Waals surface area contributed by atoms with Crippen LogP contribution in [0.1, 0.15) is 5.56 Å². The molecule has 0 saturated heterocycles. The average molecular weight is 648 g/mol. The lowest BCUT2D eigenvalue weighted by molar-refractivity contribution is 0.373. The van der Waals surface area contributed by atoms with Crippen LogP contribution in [0, 0.1) is 87.3 Å². The van der Waals surface area contributed by atoms with Crippen molar-refractivity contribution < 1.29 is 70.3 Å². The Morgan fingerprint density at radius 1 is 0.395 bits per heavy atom. The molecule has 4 aromatic carbocycles. The van der Waals surface area contributed by atoms with Crippen LogP contribution in [0.15, 0.2) is 36.9 Å². The van der Waals surface area contributed by atoms with Gasteiger partial charge in [0.15, 0.2) is 69.8 Å². The molecule has 4 aromatic rings. The van der Waals surface area contributed by atoms with Crippen molar-refractivity contribution in [3.05, 3.63) is 130 Å². The van der Waals surface area contributed by atoms with Gasteiger partial charge in [-0.15, -0.1) is 0 Å². The summed E-state index contributed by atoms with van der Waals surface area (Å²) in [4.78, 5) is 0. The molecule has 0 unspecified atom stereocenters. The zero-order valence-corrected chi connectivity index (χ0v) is 21.2. The molecule has 0 bridgehead atoms. The minimum atomic E-state index is -7.48. The summed E-state index contributed by atoms with van der Waals surface area (Å²) >= 11 is 0. The molecule has 0 aromatic heterocycles. The van der Waals surface area contributed by atoms with E-state index in [4.69, 9.17) is 4.43 Å². The van der Waals surface area contributed by atoms with Crippen molar-refractivity contribution >= 4 is 29.6 Å². The first-order valence-corrected chi connectivity index (χ1v) is 12.9. The highest BCUT2D eigenvalue weighted by Crippen LogP contribution is 2.31. The summed E-state index contributed by atoms with van der Waals surface area (Å²) in [5, 5.41) is -8.44. The zero-order chi connectivity index (χ0) is 32.3. The summed E-state index contributed by atoms with van der Waals surface area (Å²) < 4.78 is 226. The molecule has 0 radical (unpaired) electrons. The SMILES string of the molecule is C=C(O[Si](c1c(F)c(F)c(F)c(F)c1F)(c1c(F)c(F)c(F)c(F)c1F)c1c(F)c(F)c(F)c(F)c1F)c1ccccc1. The third kappa shape index (κ3) is 4.52. The quantitative estimate of drug-likeness (QED) is 0.0586. The van der Waals surface area contributed by atoms with Crippen LogP contribution >= 0.6 is 0 Å². The lowest BCUT2D eigenvalue weighted by Gasteiger charge is -2.35. The van der Waals surface area contributed by atoms with Crippen LogP contribution < -0.4 is 15.6 Å². The van der Waals surface area contributed by atoms with E-state index in [0.717, 1.165) is 24.3 Å². The van der Waals surface area contributed by atoms with Crippen LogP contribution in [-0.2, 0) is 4.43 Å². The van der Waals surface area contributed by atoms with Crippen LogP contribution in [0.3, 0.4) is 0 Å². The molecule has 0 aliphatic rings. The molecule has 0 atom stereocenters. The Morgan fingerprint density at radius 2 is 0.628 bits per heavy atom. The molecule has 0 heterocycles. The van der Waals surface area contributed by atoms with Gasteiger partial charge in [0.1, 0.15) is 5.76 Å². The topological polar surface area (TPSA) is 9.23 Å². The Morgan fingerprint density at radius 3 is 0.884 bits per heavy atom. The number of hydrogen-bond donors (Lipinski definition) is 0. The second-order valence-electron chi connectivity index (χ2n) is 8.41. The van der Waals surface area contributed by atoms with Crippen molar-refractivity contribution in [2.75, 3.05) is 0 Å². The highest BCUT2D eigenvalue weighted by Gasteiger charge is 2.59. The van der Waals surface area contributed by atoms with Crippen molar-refractivity contribution in [2.24, 2.45) is 0 Å². The van der Waals surface area contributed by atoms with Crippen LogP contribution in [-0.4, -0.2) is 8.32 Å². The van der Waals surface area contributed by atoms with E-state index in [1.165, 1.54) is 6.07 Å². The smallest absolute Gasteiger partial charge is 0.365 e. The van der Waals surface area contributed by atoms with Crippen molar-refractivity contribution in [3.63, 3.8) is 0 Å². The largest absolute Gasteiger partial charge is 0.530 e. The third-order valence-corrected chi connectivity index (χ3v) is 10.0. The normalized spacial score (nSPS) is 11.7. The van der Waals surface area contributed by atoms with E-state index in [1.807, 2.05) is 0 Å². The molecule has 0 amide bonds. The predicted molar refractivity (Wildman–Crippen MR) is 120 cm³/mol. The molecular formula is C26H7F15OSi. The van der Waals surface area contributed by atoms with E-state index in [-0.39, 0.29) is 0 Å². The van der Waals surface area contributed by atoms with E-state index in [9.17, 15) is 39.5 Å². The number of hydrogen-bond acceptors (Lipinski definition) is 1. The van der Waals surface area contributed by atoms with Gasteiger partial charge in [-0.2, -0.15) is 0 Å². The summed E-state index contributed by atoms with van der Waals surface area (Å²) in [6.45, 7) is 3.14. The lowest BCUT2D eigenvalue weighted by Crippen LogP contribution is -2.74. The molecule has 0 fully saturated rings. The Bertz CT molecular complexity index is 1570. The maximum Gasteiger partial charge on any atom is 0.365 e. The summed E-state index contributed by atoms with van der Waals surface area (Å²) in [5.41, 5.74) is -0.490. The molecule has 0 aliphatic carbocycles. The Labute approximate surface area is 230 Å². The van der Waals surface area contributed by atoms with Crippen LogP contribution in [0.25, 0.3) is 5.76 Å². The predicted octanol–water partition coefficient (Wildman–Crippen LogP) is 6.43. The van der Waals surface area contributed by atoms with Gasteiger partial charge in [0, 0.05) is 5.56 Å². The van der Waals surface area contributed by atoms with Crippen molar-refractivity contribution in [1.82, 2.24) is 0 Å². The maximum atomic E-state index is 15.4. The molecule has 0 N–H and O–H groups in total. The lowest BCUT2D eigenvalue weighted by atomic mass is 10.2. The minimum Gasteiger partial charge on any atom is -0.530 e. The van der Waals surface area contributed by atoms with Crippen LogP contribution in [0.2, 0.25) is 0 Å². The second-order valence-corrected chi connectivity index (χ2v) is 11.5. The second kappa shape index (κ2) is 11.0. The first-order valence-electron chi connectivity index (χ1n) is 11.0. The maximum absolute atomic E-state index is 15.4. The molecule has 0 spiro atoms. The molecule has 4 rings (SSSR count). The molecular weight excluding hydrogens is 641 g/mol. The van der Waals surface area contributed by atoms with Gasteiger partial charge in [0.2, 0.25) is 17.5 Å². The van der Waals surface area contributed by atoms with E-state index in [1.54, 1.807) is 0 Å². The molecule has 43 heavy (non-hydrogen) atoms. The fraction of sp³-hybridized carbons (Fsp3) is 0. The summed E-state index contributed by atoms with van der Waals surface area (Å²) in [6.07, 6.45) is 0. The van der Waals surface area contributed by atoms with Crippen molar-refractivity contribution in [2.45, 2.75) is 0 Å². The monoisotopic (exact) mass is 648 g/mol. The van der Waals surface area contributed by atoms with Gasteiger partial charge in [0.05, 0.1) is 15.6 Å². The molecule has 226 valence electrons. The summed E-state index contributed by atoms with van der Waals surface area (Å²) in [6, 6.07) is 5.42. The summed E-state index contributed by atoms with van der Waals surface area (Å²) in [7, 11) is -7.48. The third-order valence-electron chi connectivity index (χ3n) is 6.06. The first kappa shape index (κ1) is 31.5. The van der Waals surface area contributed by atoms with Gasteiger partial charge in [-0.05, 0) is 0 Å². The molecule has 0 aliphatic heterocycles. The highest BCUT2D eigenvalue weighted by molar-refractivity contribution is 7.07. The zero-order valence-electron chi connectivity index (χ0n) is 20.2. The van der Waals surface area contributed by atoms with Gasteiger partial charge in [0.25, 0.3) is 0 Å². The van der Waals surface area contributed by atoms with Gasteiger partial charge < -0.3 is 4.43 Å². The van der Waals surface area contributed by atoms with Crippen molar-refractivity contribution in [1.29, 1.82) is 0 Å². The van der Waals surface area contributed by atoms with Crippen molar-refractivity contribution in [3.8, 4) is 0 Å². The van der Waals surface area contributed by atoms with E-state index in [2.05, 4.69) is 6.58 Å². The standard InChI is InChI=1S/C26H7F15OSi/c1-7(8-5-3-2-4-6-8)42-43(24-18(36)12(30)9(27)13(31)19(24)37,25-20(38)14(32)10(28)15(33)21(25)39)26-22(40)16(34)11(29)17(35)23(26)41/h2-6H,1H2. The van der Waals surface area contributed by atoms with Crippen LogP contribution in [0.4, 0.5) is 65.9 Å². The first-order chi connectivity index (χ1) is 20.0. The van der Waals surface area contributed by atoms with E-state index in [0.29, 0.717) is 0 Å². The van der Waals surface area contributed by atoms with Gasteiger partial charge in [-0.3, -0.25) is 0 Å².